The third-order valence-electron chi connectivity index (χ3n) is 7.57. The van der Waals surface area contributed by atoms with Gasteiger partial charge in [-0.1, -0.05) is 48.0 Å². The Hall–Kier alpha value is -2.99. The molecular weight excluding hydrogens is 512 g/mol. The summed E-state index contributed by atoms with van der Waals surface area (Å²) in [6.07, 6.45) is 4.73. The van der Waals surface area contributed by atoms with Gasteiger partial charge in [0.05, 0.1) is 40.7 Å². The van der Waals surface area contributed by atoms with Gasteiger partial charge in [0.1, 0.15) is 5.60 Å². The smallest absolute Gasteiger partial charge is 0.158 e. The van der Waals surface area contributed by atoms with Crippen molar-refractivity contribution in [1.29, 1.82) is 5.26 Å². The minimum Gasteiger partial charge on any atom is -0.384 e. The van der Waals surface area contributed by atoms with E-state index in [2.05, 4.69) is 33.0 Å². The average Bonchev–Trinajstić information content (AvgIpc) is 2.97. The lowest BCUT2D eigenvalue weighted by atomic mass is 9.94. The first-order valence-electron chi connectivity index (χ1n) is 13.6. The zero-order chi connectivity index (χ0) is 27.2. The number of rotatable bonds is 8. The van der Waals surface area contributed by atoms with Gasteiger partial charge in [-0.05, 0) is 56.0 Å². The molecule has 0 amide bonds. The molecule has 2 fully saturated rings. The Morgan fingerprint density at radius 3 is 2.69 bits per heavy atom. The van der Waals surface area contributed by atoms with Crippen molar-refractivity contribution in [2.45, 2.75) is 50.7 Å². The van der Waals surface area contributed by atoms with Gasteiger partial charge in [0, 0.05) is 44.5 Å². The van der Waals surface area contributed by atoms with E-state index in [9.17, 15) is 10.4 Å². The van der Waals surface area contributed by atoms with Crippen molar-refractivity contribution < 1.29 is 14.6 Å². The predicted octanol–water partition coefficient (Wildman–Crippen LogP) is 5.42. The largest absolute Gasteiger partial charge is 0.384 e. The number of nitriles is 1. The van der Waals surface area contributed by atoms with Gasteiger partial charge in [-0.25, -0.2) is 0 Å². The molecule has 204 valence electrons. The minimum atomic E-state index is -1.08. The van der Waals surface area contributed by atoms with Gasteiger partial charge in [-0.2, -0.15) is 5.26 Å². The summed E-state index contributed by atoms with van der Waals surface area (Å²) in [5.41, 5.74) is 3.15. The minimum absolute atomic E-state index is 0.0424. The summed E-state index contributed by atoms with van der Waals surface area (Å²) >= 11 is 6.63. The van der Waals surface area contributed by atoms with E-state index in [0.717, 1.165) is 62.4 Å². The molecule has 2 unspecified atom stereocenters. The molecule has 7 nitrogen and oxygen atoms in total. The molecule has 0 bridgehead atoms. The van der Waals surface area contributed by atoms with Gasteiger partial charge in [-0.15, -0.1) is 0 Å². The molecule has 0 saturated carbocycles. The fourth-order valence-corrected chi connectivity index (χ4v) is 5.71. The van der Waals surface area contributed by atoms with E-state index in [1.54, 1.807) is 12.3 Å². The number of nitrogens with zero attached hydrogens (tertiary/aromatic N) is 4. The molecule has 2 aliphatic heterocycles. The Kier molecular flexibility index (Phi) is 8.81. The van der Waals surface area contributed by atoms with Crippen LogP contribution in [0.1, 0.15) is 54.6 Å². The van der Waals surface area contributed by atoms with Crippen LogP contribution in [0.2, 0.25) is 5.02 Å². The first-order chi connectivity index (χ1) is 18.9. The Morgan fingerprint density at radius 1 is 1.15 bits per heavy atom. The van der Waals surface area contributed by atoms with E-state index in [1.807, 2.05) is 49.4 Å². The summed E-state index contributed by atoms with van der Waals surface area (Å²) in [5, 5.41) is 21.3. The Labute approximate surface area is 235 Å². The summed E-state index contributed by atoms with van der Waals surface area (Å²) in [6.45, 7) is 5.68. The van der Waals surface area contributed by atoms with Gasteiger partial charge in [0.15, 0.2) is 6.29 Å². The molecule has 8 heteroatoms. The molecule has 3 atom stereocenters. The van der Waals surface area contributed by atoms with Crippen LogP contribution in [0.4, 0.5) is 5.69 Å². The number of pyridine rings is 1. The number of benzene rings is 2. The number of β-amino-alcohol motifs (C(OH)–C–C–N with tert-alkyl or cyclic N) is 1. The molecule has 0 spiro atoms. The summed E-state index contributed by atoms with van der Waals surface area (Å²) in [4.78, 5) is 9.15. The van der Waals surface area contributed by atoms with Crippen LogP contribution < -0.4 is 4.90 Å². The number of hydrogen-bond acceptors (Lipinski definition) is 7. The van der Waals surface area contributed by atoms with Crippen LogP contribution in [0.3, 0.4) is 0 Å². The molecule has 1 N–H and O–H groups in total. The van der Waals surface area contributed by atoms with Crippen LogP contribution in [0, 0.1) is 11.3 Å². The molecule has 3 heterocycles. The summed E-state index contributed by atoms with van der Waals surface area (Å²) in [6, 6.07) is 21.9. The van der Waals surface area contributed by atoms with Gasteiger partial charge in [0.25, 0.3) is 0 Å². The quantitative estimate of drug-likeness (QED) is 0.404. The maximum absolute atomic E-state index is 11.5. The summed E-state index contributed by atoms with van der Waals surface area (Å²) in [5.74, 6) is 0. The third-order valence-corrected chi connectivity index (χ3v) is 7.87. The molecule has 0 aliphatic carbocycles. The van der Waals surface area contributed by atoms with Gasteiger partial charge in [-0.3, -0.25) is 9.88 Å². The third kappa shape index (κ3) is 6.78. The molecule has 39 heavy (non-hydrogen) atoms. The highest BCUT2D eigenvalue weighted by molar-refractivity contribution is 6.33. The maximum Gasteiger partial charge on any atom is 0.158 e. The summed E-state index contributed by atoms with van der Waals surface area (Å²) in [7, 11) is 0. The van der Waals surface area contributed by atoms with Crippen LogP contribution >= 0.6 is 11.6 Å². The fourth-order valence-electron chi connectivity index (χ4n) is 5.42. The van der Waals surface area contributed by atoms with Gasteiger partial charge >= 0.3 is 0 Å². The van der Waals surface area contributed by atoms with Crippen molar-refractivity contribution >= 4 is 17.3 Å². The number of piperazine rings is 1. The number of aliphatic hydroxyl groups is 1. The second-order valence-corrected chi connectivity index (χ2v) is 11.0. The molecule has 1 aromatic heterocycles. The van der Waals surface area contributed by atoms with Crippen LogP contribution in [-0.4, -0.2) is 54.1 Å². The fraction of sp³-hybridized carbons (Fsp3) is 0.419. The van der Waals surface area contributed by atoms with Gasteiger partial charge < -0.3 is 19.5 Å². The van der Waals surface area contributed by atoms with Crippen molar-refractivity contribution in [1.82, 2.24) is 9.88 Å². The van der Waals surface area contributed by atoms with Crippen molar-refractivity contribution in [2.75, 3.05) is 37.7 Å². The number of aromatic nitrogens is 1. The number of anilines is 1. The highest BCUT2D eigenvalue weighted by atomic mass is 35.5. The van der Waals surface area contributed by atoms with E-state index in [-0.39, 0.29) is 12.3 Å². The van der Waals surface area contributed by atoms with Crippen molar-refractivity contribution in [2.24, 2.45) is 0 Å². The van der Waals surface area contributed by atoms with Crippen molar-refractivity contribution in [3.05, 3.63) is 94.3 Å². The first-order valence-corrected chi connectivity index (χ1v) is 14.0. The molecule has 2 saturated heterocycles. The zero-order valence-electron chi connectivity index (χ0n) is 22.3. The molecule has 2 aromatic carbocycles. The zero-order valence-corrected chi connectivity index (χ0v) is 23.1. The van der Waals surface area contributed by atoms with Crippen molar-refractivity contribution in [3.63, 3.8) is 0 Å². The highest BCUT2D eigenvalue weighted by Gasteiger charge is 2.34. The normalized spacial score (nSPS) is 21.7. The first kappa shape index (κ1) is 27.6. The van der Waals surface area contributed by atoms with Crippen LogP contribution in [-0.2, 0) is 21.7 Å². The number of hydrogen-bond donors (Lipinski definition) is 1. The Bertz CT molecular complexity index is 1270. The van der Waals surface area contributed by atoms with E-state index in [4.69, 9.17) is 21.1 Å². The predicted molar refractivity (Wildman–Crippen MR) is 151 cm³/mol. The topological polar surface area (TPSA) is 81.9 Å². The lowest BCUT2D eigenvalue weighted by Gasteiger charge is -2.45. The SMILES string of the molecule is C[C@@](O)(CN1CCN(c2ccc(C#N)cc2Cl)C(c2ccccc2)C1)c1ccc(COC2CCCCO2)nc1. The number of halogens is 1. The number of ether oxygens (including phenoxy) is 2. The van der Waals surface area contributed by atoms with E-state index in [0.29, 0.717) is 23.7 Å². The Morgan fingerprint density at radius 2 is 2.00 bits per heavy atom. The second kappa shape index (κ2) is 12.5. The lowest BCUT2D eigenvalue weighted by Crippen LogP contribution is -2.52. The average molecular weight is 547 g/mol. The standard InChI is InChI=1S/C31H35ClN4O3/c1-31(37,25-11-12-26(34-19-25)21-39-30-9-5-6-16-38-30)22-35-14-15-36(28-13-10-23(18-33)17-27(28)32)29(20-35)24-7-3-2-4-8-24/h2-4,7-8,10-13,17,19,29-30,37H,5-6,9,14-16,20-22H2,1H3/t29?,30?,31-/m1/s1. The molecular formula is C31H35ClN4O3. The summed E-state index contributed by atoms with van der Waals surface area (Å²) < 4.78 is 11.5. The molecule has 2 aliphatic rings. The van der Waals surface area contributed by atoms with Crippen molar-refractivity contribution in [3.8, 4) is 6.07 Å². The lowest BCUT2D eigenvalue weighted by molar-refractivity contribution is -0.169. The second-order valence-electron chi connectivity index (χ2n) is 10.6. The Balaban J connectivity index is 1.27. The molecule has 5 rings (SSSR count). The highest BCUT2D eigenvalue weighted by Crippen LogP contribution is 2.36. The molecule has 3 aromatic rings. The van der Waals surface area contributed by atoms with Crippen LogP contribution in [0.5, 0.6) is 0 Å². The van der Waals surface area contributed by atoms with Crippen LogP contribution in [0.25, 0.3) is 0 Å². The van der Waals surface area contributed by atoms with Gasteiger partial charge in [0.2, 0.25) is 0 Å². The van der Waals surface area contributed by atoms with Crippen LogP contribution in [0.15, 0.2) is 66.9 Å². The monoisotopic (exact) mass is 546 g/mol. The maximum atomic E-state index is 11.5. The molecule has 0 radical (unpaired) electrons. The van der Waals surface area contributed by atoms with E-state index >= 15 is 0 Å². The van der Waals surface area contributed by atoms with E-state index < -0.39 is 5.60 Å². The van der Waals surface area contributed by atoms with E-state index in [1.165, 1.54) is 5.56 Å².